The largest absolute Gasteiger partial charge is 0.427 e. The standard InChI is InChI=1S/C21H23N3O4/c1-15(25)28-18-6-4-5-17(13-18)21(27)24-11-8-16(9-12-24)14-23-20(26)19-7-2-3-10-22-19/h2-7,10,13,16H,8-9,11-12,14H2,1H3,(H,23,26). The Bertz CT molecular complexity index is 846. The van der Waals surface area contributed by atoms with Gasteiger partial charge in [0, 0.05) is 38.3 Å². The second-order valence-corrected chi connectivity index (χ2v) is 6.78. The second-order valence-electron chi connectivity index (χ2n) is 6.78. The minimum Gasteiger partial charge on any atom is -0.427 e. The molecule has 1 saturated heterocycles. The number of hydrogen-bond acceptors (Lipinski definition) is 5. The van der Waals surface area contributed by atoms with Crippen molar-refractivity contribution in [3.05, 3.63) is 59.9 Å². The van der Waals surface area contributed by atoms with Gasteiger partial charge in [-0.15, -0.1) is 0 Å². The molecule has 0 unspecified atom stereocenters. The third-order valence-electron chi connectivity index (χ3n) is 4.69. The minimum atomic E-state index is -0.418. The number of hydrogen-bond donors (Lipinski definition) is 1. The molecule has 2 heterocycles. The zero-order chi connectivity index (χ0) is 19.9. The van der Waals surface area contributed by atoms with Gasteiger partial charge in [-0.25, -0.2) is 0 Å². The number of amides is 2. The quantitative estimate of drug-likeness (QED) is 0.634. The molecule has 0 saturated carbocycles. The highest BCUT2D eigenvalue weighted by atomic mass is 16.5. The number of likely N-dealkylation sites (tertiary alicyclic amines) is 1. The summed E-state index contributed by atoms with van der Waals surface area (Å²) in [5.41, 5.74) is 0.906. The van der Waals surface area contributed by atoms with Crippen molar-refractivity contribution in [3.63, 3.8) is 0 Å². The Morgan fingerprint density at radius 3 is 2.61 bits per heavy atom. The van der Waals surface area contributed by atoms with Gasteiger partial charge >= 0.3 is 5.97 Å². The van der Waals surface area contributed by atoms with Crippen molar-refractivity contribution in [2.24, 2.45) is 5.92 Å². The molecule has 1 aliphatic heterocycles. The van der Waals surface area contributed by atoms with Crippen LogP contribution >= 0.6 is 0 Å². The van der Waals surface area contributed by atoms with Crippen molar-refractivity contribution in [1.29, 1.82) is 0 Å². The van der Waals surface area contributed by atoms with E-state index in [2.05, 4.69) is 10.3 Å². The molecule has 0 radical (unpaired) electrons. The van der Waals surface area contributed by atoms with Gasteiger partial charge in [0.1, 0.15) is 11.4 Å². The minimum absolute atomic E-state index is 0.0787. The van der Waals surface area contributed by atoms with Crippen LogP contribution in [0.1, 0.15) is 40.6 Å². The number of benzene rings is 1. The van der Waals surface area contributed by atoms with Crippen molar-refractivity contribution in [1.82, 2.24) is 15.2 Å². The van der Waals surface area contributed by atoms with Crippen LogP contribution in [0, 0.1) is 5.92 Å². The van der Waals surface area contributed by atoms with Gasteiger partial charge < -0.3 is 15.0 Å². The van der Waals surface area contributed by atoms with Gasteiger partial charge in [0.25, 0.3) is 11.8 Å². The van der Waals surface area contributed by atoms with Crippen molar-refractivity contribution in [2.75, 3.05) is 19.6 Å². The fourth-order valence-electron chi connectivity index (χ4n) is 3.21. The Morgan fingerprint density at radius 2 is 1.93 bits per heavy atom. The van der Waals surface area contributed by atoms with Crippen LogP contribution in [0.25, 0.3) is 0 Å². The number of esters is 1. The Balaban J connectivity index is 1.49. The van der Waals surface area contributed by atoms with Gasteiger partial charge in [-0.05, 0) is 49.1 Å². The van der Waals surface area contributed by atoms with Crippen LogP contribution in [0.15, 0.2) is 48.7 Å². The smallest absolute Gasteiger partial charge is 0.308 e. The highest BCUT2D eigenvalue weighted by Crippen LogP contribution is 2.20. The van der Waals surface area contributed by atoms with Crippen LogP contribution in [0.3, 0.4) is 0 Å². The van der Waals surface area contributed by atoms with Crippen molar-refractivity contribution >= 4 is 17.8 Å². The Kier molecular flexibility index (Phi) is 6.37. The summed E-state index contributed by atoms with van der Waals surface area (Å²) in [5.74, 6) is 0.0130. The first kappa shape index (κ1) is 19.5. The maximum Gasteiger partial charge on any atom is 0.308 e. The van der Waals surface area contributed by atoms with Crippen molar-refractivity contribution in [3.8, 4) is 5.75 Å². The Labute approximate surface area is 163 Å². The second kappa shape index (κ2) is 9.12. The lowest BCUT2D eigenvalue weighted by molar-refractivity contribution is -0.131. The topological polar surface area (TPSA) is 88.6 Å². The van der Waals surface area contributed by atoms with Crippen LogP contribution in [-0.2, 0) is 4.79 Å². The summed E-state index contributed by atoms with van der Waals surface area (Å²) in [6.45, 7) is 3.15. The number of carbonyl (C=O) groups is 3. The number of ether oxygens (including phenoxy) is 1. The summed E-state index contributed by atoms with van der Waals surface area (Å²) in [5, 5.41) is 2.92. The molecule has 0 bridgehead atoms. The molecule has 2 amide bonds. The molecule has 1 fully saturated rings. The SMILES string of the molecule is CC(=O)Oc1cccc(C(=O)N2CCC(CNC(=O)c3ccccn3)CC2)c1. The van der Waals surface area contributed by atoms with E-state index < -0.39 is 5.97 Å². The molecule has 28 heavy (non-hydrogen) atoms. The molecule has 3 rings (SSSR count). The first-order chi connectivity index (χ1) is 13.5. The van der Waals surface area contributed by atoms with Crippen LogP contribution in [0.2, 0.25) is 0 Å². The van der Waals surface area contributed by atoms with Crippen LogP contribution in [-0.4, -0.2) is 47.3 Å². The first-order valence-electron chi connectivity index (χ1n) is 9.30. The predicted octanol–water partition coefficient (Wildman–Crippen LogP) is 2.29. The van der Waals surface area contributed by atoms with Gasteiger partial charge in [-0.3, -0.25) is 19.4 Å². The van der Waals surface area contributed by atoms with Crippen LogP contribution in [0.5, 0.6) is 5.75 Å². The van der Waals surface area contributed by atoms with E-state index in [9.17, 15) is 14.4 Å². The highest BCUT2D eigenvalue weighted by molar-refractivity contribution is 5.95. The van der Waals surface area contributed by atoms with Crippen LogP contribution < -0.4 is 10.1 Å². The first-order valence-corrected chi connectivity index (χ1v) is 9.30. The zero-order valence-electron chi connectivity index (χ0n) is 15.8. The number of nitrogens with zero attached hydrogens (tertiary/aromatic N) is 2. The number of piperidine rings is 1. The Hall–Kier alpha value is -3.22. The molecule has 1 aromatic heterocycles. The number of pyridine rings is 1. The lowest BCUT2D eigenvalue weighted by Crippen LogP contribution is -2.41. The van der Waals surface area contributed by atoms with Gasteiger partial charge in [0.15, 0.2) is 0 Å². The van der Waals surface area contributed by atoms with E-state index in [0.717, 1.165) is 12.8 Å². The molecule has 146 valence electrons. The van der Waals surface area contributed by atoms with E-state index in [1.807, 2.05) is 0 Å². The normalized spacial score (nSPS) is 14.4. The summed E-state index contributed by atoms with van der Waals surface area (Å²) < 4.78 is 5.05. The van der Waals surface area contributed by atoms with Crippen molar-refractivity contribution < 1.29 is 19.1 Å². The molecule has 0 spiro atoms. The summed E-state index contributed by atoms with van der Waals surface area (Å²) in [4.78, 5) is 41.7. The Morgan fingerprint density at radius 1 is 1.14 bits per heavy atom. The fraction of sp³-hybridized carbons (Fsp3) is 0.333. The van der Waals surface area contributed by atoms with Crippen LogP contribution in [0.4, 0.5) is 0 Å². The lowest BCUT2D eigenvalue weighted by atomic mass is 9.96. The number of rotatable bonds is 5. The molecule has 0 aliphatic carbocycles. The van der Waals surface area contributed by atoms with E-state index in [0.29, 0.717) is 42.6 Å². The average molecular weight is 381 g/mol. The molecule has 0 atom stereocenters. The van der Waals surface area contributed by atoms with Gasteiger partial charge in [-0.2, -0.15) is 0 Å². The van der Waals surface area contributed by atoms with E-state index >= 15 is 0 Å². The predicted molar refractivity (Wildman–Crippen MR) is 103 cm³/mol. The van der Waals surface area contributed by atoms with E-state index in [1.54, 1.807) is 53.6 Å². The molecular weight excluding hydrogens is 358 g/mol. The maximum absolute atomic E-state index is 12.7. The molecular formula is C21H23N3O4. The van der Waals surface area contributed by atoms with E-state index in [4.69, 9.17) is 4.74 Å². The molecule has 2 aromatic rings. The average Bonchev–Trinajstić information content (AvgIpc) is 2.72. The summed E-state index contributed by atoms with van der Waals surface area (Å²) in [7, 11) is 0. The molecule has 7 heteroatoms. The van der Waals surface area contributed by atoms with E-state index in [1.165, 1.54) is 6.92 Å². The maximum atomic E-state index is 12.7. The zero-order valence-corrected chi connectivity index (χ0v) is 15.8. The molecule has 7 nitrogen and oxygen atoms in total. The highest BCUT2D eigenvalue weighted by Gasteiger charge is 2.24. The number of carbonyl (C=O) groups excluding carboxylic acids is 3. The monoisotopic (exact) mass is 381 g/mol. The molecule has 1 aromatic carbocycles. The van der Waals surface area contributed by atoms with Crippen molar-refractivity contribution in [2.45, 2.75) is 19.8 Å². The lowest BCUT2D eigenvalue weighted by Gasteiger charge is -2.32. The third-order valence-corrected chi connectivity index (χ3v) is 4.69. The summed E-state index contributed by atoms with van der Waals surface area (Å²) >= 11 is 0. The molecule has 1 N–H and O–H groups in total. The number of nitrogens with one attached hydrogen (secondary N) is 1. The third kappa shape index (κ3) is 5.16. The van der Waals surface area contributed by atoms with E-state index in [-0.39, 0.29) is 11.8 Å². The van der Waals surface area contributed by atoms with Gasteiger partial charge in [0.2, 0.25) is 0 Å². The molecule has 1 aliphatic rings. The summed E-state index contributed by atoms with van der Waals surface area (Å²) in [6, 6.07) is 11.9. The number of aromatic nitrogens is 1. The van der Waals surface area contributed by atoms with Gasteiger partial charge in [0.05, 0.1) is 0 Å². The fourth-order valence-corrected chi connectivity index (χ4v) is 3.21. The van der Waals surface area contributed by atoms with Gasteiger partial charge in [-0.1, -0.05) is 12.1 Å². The summed E-state index contributed by atoms with van der Waals surface area (Å²) in [6.07, 6.45) is 3.23.